The maximum atomic E-state index is 12.2. The Labute approximate surface area is 151 Å². The smallest absolute Gasteiger partial charge is 0.410 e. The van der Waals surface area contributed by atoms with Crippen LogP contribution in [-0.4, -0.2) is 42.8 Å². The quantitative estimate of drug-likeness (QED) is 0.790. The van der Waals surface area contributed by atoms with Crippen LogP contribution >= 0.6 is 0 Å². The zero-order chi connectivity index (χ0) is 18.4. The van der Waals surface area contributed by atoms with E-state index in [0.717, 1.165) is 25.3 Å². The van der Waals surface area contributed by atoms with Gasteiger partial charge in [-0.15, -0.1) is 0 Å². The van der Waals surface area contributed by atoms with Crippen molar-refractivity contribution in [1.29, 1.82) is 0 Å². The summed E-state index contributed by atoms with van der Waals surface area (Å²) in [5, 5.41) is 3.64. The number of rotatable bonds is 6. The van der Waals surface area contributed by atoms with Gasteiger partial charge in [0.1, 0.15) is 11.4 Å². The Morgan fingerprint density at radius 3 is 2.76 bits per heavy atom. The number of nitrogens with zero attached hydrogens (tertiary/aromatic N) is 1. The molecule has 5 nitrogen and oxygen atoms in total. The number of carbonyl (C=O) groups is 1. The Bertz CT molecular complexity index is 568. The Balaban J connectivity index is 1.83. The van der Waals surface area contributed by atoms with Gasteiger partial charge >= 0.3 is 6.09 Å². The number of amides is 1. The molecule has 5 heteroatoms. The molecule has 1 amide bonds. The van der Waals surface area contributed by atoms with E-state index in [2.05, 4.69) is 24.4 Å². The lowest BCUT2D eigenvalue weighted by Gasteiger charge is -2.32. The van der Waals surface area contributed by atoms with Crippen LogP contribution in [0.25, 0.3) is 0 Å². The summed E-state index contributed by atoms with van der Waals surface area (Å²) in [6, 6.07) is 8.50. The molecule has 0 fully saturated rings. The Morgan fingerprint density at radius 2 is 2.08 bits per heavy atom. The summed E-state index contributed by atoms with van der Waals surface area (Å²) in [5.41, 5.74) is 0.769. The van der Waals surface area contributed by atoms with E-state index in [9.17, 15) is 4.79 Å². The molecule has 0 saturated heterocycles. The van der Waals surface area contributed by atoms with Crippen LogP contribution in [0.3, 0.4) is 0 Å². The van der Waals surface area contributed by atoms with E-state index in [-0.39, 0.29) is 6.09 Å². The Morgan fingerprint density at radius 1 is 1.36 bits per heavy atom. The van der Waals surface area contributed by atoms with E-state index >= 15 is 0 Å². The molecule has 1 heterocycles. The summed E-state index contributed by atoms with van der Waals surface area (Å²) in [5.74, 6) is 1.39. The normalized spacial score (nSPS) is 19.7. The molecule has 0 aromatic heterocycles. The van der Waals surface area contributed by atoms with Crippen LogP contribution < -0.4 is 10.1 Å². The number of fused-ring (bicyclic) bond motifs is 1. The van der Waals surface area contributed by atoms with E-state index in [1.165, 1.54) is 5.56 Å². The van der Waals surface area contributed by atoms with E-state index in [1.807, 2.05) is 39.8 Å². The molecule has 0 spiro atoms. The number of hydrogen-bond donors (Lipinski definition) is 1. The largest absolute Gasteiger partial charge is 0.493 e. The second-order valence-corrected chi connectivity index (χ2v) is 7.67. The first-order valence-electron chi connectivity index (χ1n) is 9.25. The van der Waals surface area contributed by atoms with Crippen molar-refractivity contribution < 1.29 is 14.3 Å². The highest BCUT2D eigenvalue weighted by Gasteiger charge is 2.27. The number of hydrogen-bond acceptors (Lipinski definition) is 4. The summed E-state index contributed by atoms with van der Waals surface area (Å²) in [6.07, 6.45) is 0.652. The molecular formula is C20H32N2O3. The van der Waals surface area contributed by atoms with Crippen LogP contribution in [0.4, 0.5) is 4.79 Å². The lowest BCUT2D eigenvalue weighted by molar-refractivity contribution is 0.0258. The van der Waals surface area contributed by atoms with Crippen molar-refractivity contribution in [3.8, 4) is 5.75 Å². The third kappa shape index (κ3) is 5.63. The van der Waals surface area contributed by atoms with Gasteiger partial charge in [-0.2, -0.15) is 0 Å². The van der Waals surface area contributed by atoms with E-state index in [4.69, 9.17) is 9.47 Å². The molecule has 0 radical (unpaired) electrons. The fourth-order valence-electron chi connectivity index (χ4n) is 3.04. The fraction of sp³-hybridized carbons (Fsp3) is 0.650. The number of carbonyl (C=O) groups excluding carboxylic acids is 1. The predicted molar refractivity (Wildman–Crippen MR) is 99.9 cm³/mol. The highest BCUT2D eigenvalue weighted by molar-refractivity contribution is 5.68. The zero-order valence-corrected chi connectivity index (χ0v) is 16.2. The Kier molecular flexibility index (Phi) is 6.71. The fourth-order valence-corrected chi connectivity index (χ4v) is 3.04. The predicted octanol–water partition coefficient (Wildman–Crippen LogP) is 3.99. The average molecular weight is 348 g/mol. The average Bonchev–Trinajstić information content (AvgIpc) is 2.54. The van der Waals surface area contributed by atoms with Gasteiger partial charge in [-0.05, 0) is 46.7 Å². The lowest BCUT2D eigenvalue weighted by Crippen LogP contribution is -2.39. The topological polar surface area (TPSA) is 50.8 Å². The molecule has 2 atom stereocenters. The van der Waals surface area contributed by atoms with Crippen LogP contribution in [-0.2, 0) is 4.74 Å². The highest BCUT2D eigenvalue weighted by atomic mass is 16.6. The second-order valence-electron chi connectivity index (χ2n) is 7.67. The van der Waals surface area contributed by atoms with Crippen molar-refractivity contribution in [2.45, 2.75) is 52.7 Å². The minimum atomic E-state index is -0.454. The summed E-state index contributed by atoms with van der Waals surface area (Å²) in [6.45, 7) is 12.8. The van der Waals surface area contributed by atoms with Crippen LogP contribution in [0.15, 0.2) is 24.3 Å². The molecule has 0 saturated carbocycles. The molecule has 0 aliphatic carbocycles. The van der Waals surface area contributed by atoms with Crippen molar-refractivity contribution in [1.82, 2.24) is 10.2 Å². The maximum absolute atomic E-state index is 12.2. The molecule has 2 unspecified atom stereocenters. The van der Waals surface area contributed by atoms with Crippen molar-refractivity contribution >= 4 is 6.09 Å². The highest BCUT2D eigenvalue weighted by Crippen LogP contribution is 2.34. The summed E-state index contributed by atoms with van der Waals surface area (Å²) >= 11 is 0. The first-order chi connectivity index (χ1) is 11.8. The molecule has 1 aliphatic rings. The molecule has 1 aliphatic heterocycles. The molecule has 2 rings (SSSR count). The minimum absolute atomic E-state index is 0.236. The number of benzene rings is 1. The zero-order valence-electron chi connectivity index (χ0n) is 16.2. The van der Waals surface area contributed by atoms with Gasteiger partial charge < -0.3 is 19.7 Å². The second kappa shape index (κ2) is 8.56. The lowest BCUT2D eigenvalue weighted by atomic mass is 9.92. The number of para-hydroxylation sites is 1. The van der Waals surface area contributed by atoms with Gasteiger partial charge in [0, 0.05) is 30.6 Å². The minimum Gasteiger partial charge on any atom is -0.493 e. The SMILES string of the molecule is CCN(CCCNC1c2ccccc2OCC1C)C(=O)OC(C)(C)C. The molecule has 1 N–H and O–H groups in total. The molecule has 25 heavy (non-hydrogen) atoms. The summed E-state index contributed by atoms with van der Waals surface area (Å²) in [4.78, 5) is 13.9. The van der Waals surface area contributed by atoms with E-state index < -0.39 is 5.60 Å². The molecular weight excluding hydrogens is 316 g/mol. The third-order valence-corrected chi connectivity index (χ3v) is 4.33. The molecule has 1 aromatic carbocycles. The van der Waals surface area contributed by atoms with Crippen molar-refractivity contribution in [2.75, 3.05) is 26.2 Å². The van der Waals surface area contributed by atoms with Gasteiger partial charge in [0.25, 0.3) is 0 Å². The van der Waals surface area contributed by atoms with Gasteiger partial charge in [-0.1, -0.05) is 25.1 Å². The van der Waals surface area contributed by atoms with Gasteiger partial charge in [0.05, 0.1) is 6.61 Å². The summed E-state index contributed by atoms with van der Waals surface area (Å²) in [7, 11) is 0. The first-order valence-corrected chi connectivity index (χ1v) is 9.25. The standard InChI is InChI=1S/C20H32N2O3/c1-6-22(19(23)25-20(3,4)5)13-9-12-21-18-15(2)14-24-17-11-8-7-10-16(17)18/h7-8,10-11,15,18,21H,6,9,12-14H2,1-5H3. The van der Waals surface area contributed by atoms with E-state index in [1.54, 1.807) is 4.90 Å². The summed E-state index contributed by atoms with van der Waals surface area (Å²) < 4.78 is 11.2. The van der Waals surface area contributed by atoms with Gasteiger partial charge in [0.2, 0.25) is 0 Å². The van der Waals surface area contributed by atoms with Crippen LogP contribution in [0, 0.1) is 5.92 Å². The monoisotopic (exact) mass is 348 g/mol. The first kappa shape index (κ1) is 19.6. The molecule has 140 valence electrons. The number of ether oxygens (including phenoxy) is 2. The van der Waals surface area contributed by atoms with Crippen LogP contribution in [0.1, 0.15) is 52.6 Å². The van der Waals surface area contributed by atoms with Crippen molar-refractivity contribution in [3.63, 3.8) is 0 Å². The van der Waals surface area contributed by atoms with Gasteiger partial charge in [-0.3, -0.25) is 0 Å². The Hall–Kier alpha value is -1.75. The maximum Gasteiger partial charge on any atom is 0.410 e. The third-order valence-electron chi connectivity index (χ3n) is 4.33. The van der Waals surface area contributed by atoms with E-state index in [0.29, 0.717) is 25.0 Å². The molecule has 0 bridgehead atoms. The van der Waals surface area contributed by atoms with Gasteiger partial charge in [-0.25, -0.2) is 4.79 Å². The van der Waals surface area contributed by atoms with Crippen LogP contribution in [0.5, 0.6) is 5.75 Å². The van der Waals surface area contributed by atoms with Crippen molar-refractivity contribution in [3.05, 3.63) is 29.8 Å². The molecule has 1 aromatic rings. The van der Waals surface area contributed by atoms with Gasteiger partial charge in [0.15, 0.2) is 0 Å². The van der Waals surface area contributed by atoms with Crippen molar-refractivity contribution in [2.24, 2.45) is 5.92 Å². The van der Waals surface area contributed by atoms with Crippen LogP contribution in [0.2, 0.25) is 0 Å². The number of nitrogens with one attached hydrogen (secondary N) is 1.